The number of benzene rings is 1. The number of nitrogens with zero attached hydrogens (tertiary/aromatic N) is 2. The van der Waals surface area contributed by atoms with E-state index < -0.39 is 0 Å². The molecule has 1 heterocycles. The smallest absolute Gasteiger partial charge is 0.233 e. The van der Waals surface area contributed by atoms with Crippen LogP contribution in [0, 0.1) is 30.6 Å². The second-order valence-corrected chi connectivity index (χ2v) is 7.92. The van der Waals surface area contributed by atoms with Crippen LogP contribution in [-0.2, 0) is 9.59 Å². The van der Waals surface area contributed by atoms with E-state index >= 15 is 0 Å². The number of rotatable bonds is 7. The second kappa shape index (κ2) is 9.80. The van der Waals surface area contributed by atoms with Gasteiger partial charge in [0.2, 0.25) is 11.8 Å². The number of allylic oxidation sites excluding steroid dienone is 2. The molecule has 4 rings (SSSR count). The van der Waals surface area contributed by atoms with Gasteiger partial charge in [-0.05, 0) is 42.9 Å². The van der Waals surface area contributed by atoms with E-state index in [1.165, 1.54) is 4.90 Å². The molecule has 4 unspecified atom stereocenters. The predicted octanol–water partition coefficient (Wildman–Crippen LogP) is 1.96. The summed E-state index contributed by atoms with van der Waals surface area (Å²) in [6, 6.07) is 7.92. The maximum Gasteiger partial charge on any atom is 0.233 e. The summed E-state index contributed by atoms with van der Waals surface area (Å²) in [5.74, 6) is 1.70. The molecule has 0 aromatic heterocycles. The normalized spacial score (nSPS) is 26.6. The van der Waals surface area contributed by atoms with Crippen molar-refractivity contribution < 1.29 is 14.3 Å². The van der Waals surface area contributed by atoms with Crippen LogP contribution in [0.15, 0.2) is 41.4 Å². The van der Waals surface area contributed by atoms with Crippen molar-refractivity contribution >= 4 is 41.8 Å². The van der Waals surface area contributed by atoms with Crippen molar-refractivity contribution in [1.29, 1.82) is 0 Å². The summed E-state index contributed by atoms with van der Waals surface area (Å²) in [6.45, 7) is 3.96. The number of aliphatic imine (C=N–C) groups is 1. The van der Waals surface area contributed by atoms with Gasteiger partial charge in [0.15, 0.2) is 5.96 Å². The molecule has 7 nitrogen and oxygen atoms in total. The Balaban J connectivity index is 0.00000256. The zero-order valence-corrected chi connectivity index (χ0v) is 19.7. The number of carbonyl (C=O) groups excluding carboxylic acids is 2. The Kier molecular flexibility index (Phi) is 7.38. The van der Waals surface area contributed by atoms with Gasteiger partial charge in [-0.15, -0.1) is 24.0 Å². The molecule has 1 aromatic carbocycles. The molecule has 2 aliphatic carbocycles. The Bertz CT molecular complexity index is 827. The van der Waals surface area contributed by atoms with E-state index in [1.807, 2.05) is 31.2 Å². The van der Waals surface area contributed by atoms with Gasteiger partial charge in [0.25, 0.3) is 0 Å². The molecule has 3 aliphatic rings. The molecule has 2 bridgehead atoms. The summed E-state index contributed by atoms with van der Waals surface area (Å²) in [4.78, 5) is 31.0. The molecule has 8 heteroatoms. The number of ether oxygens (including phenoxy) is 1. The predicted molar refractivity (Wildman–Crippen MR) is 126 cm³/mol. The average Bonchev–Trinajstić information content (AvgIpc) is 3.39. The highest BCUT2D eigenvalue weighted by Crippen LogP contribution is 2.52. The molecule has 0 radical (unpaired) electrons. The molecule has 2 amide bonds. The Morgan fingerprint density at radius 3 is 2.43 bits per heavy atom. The van der Waals surface area contributed by atoms with E-state index in [2.05, 4.69) is 27.8 Å². The van der Waals surface area contributed by atoms with Crippen LogP contribution < -0.4 is 15.4 Å². The topological polar surface area (TPSA) is 83.0 Å². The molecule has 1 saturated carbocycles. The summed E-state index contributed by atoms with van der Waals surface area (Å²) in [5, 5.41) is 6.35. The first-order valence-corrected chi connectivity index (χ1v) is 10.3. The number of imide groups is 1. The maximum atomic E-state index is 12.7. The highest BCUT2D eigenvalue weighted by atomic mass is 127. The summed E-state index contributed by atoms with van der Waals surface area (Å²) < 4.78 is 5.72. The Labute approximate surface area is 194 Å². The van der Waals surface area contributed by atoms with Crippen LogP contribution >= 0.6 is 24.0 Å². The van der Waals surface area contributed by atoms with Crippen molar-refractivity contribution in [3.63, 3.8) is 0 Å². The van der Waals surface area contributed by atoms with Crippen LogP contribution in [-0.4, -0.2) is 56.0 Å². The Morgan fingerprint density at radius 1 is 1.13 bits per heavy atom. The number of amides is 2. The Morgan fingerprint density at radius 2 is 1.80 bits per heavy atom. The first-order chi connectivity index (χ1) is 14.1. The van der Waals surface area contributed by atoms with E-state index in [0.717, 1.165) is 17.7 Å². The van der Waals surface area contributed by atoms with E-state index in [0.29, 0.717) is 32.2 Å². The number of halogens is 1. The van der Waals surface area contributed by atoms with Gasteiger partial charge in [0.05, 0.1) is 18.4 Å². The molecule has 4 atom stereocenters. The van der Waals surface area contributed by atoms with Gasteiger partial charge < -0.3 is 15.4 Å². The second-order valence-electron chi connectivity index (χ2n) is 7.92. The lowest BCUT2D eigenvalue weighted by molar-refractivity contribution is -0.140. The van der Waals surface area contributed by atoms with Crippen molar-refractivity contribution in [1.82, 2.24) is 15.5 Å². The number of guanidine groups is 1. The van der Waals surface area contributed by atoms with Gasteiger partial charge >= 0.3 is 0 Å². The fourth-order valence-corrected chi connectivity index (χ4v) is 4.73. The van der Waals surface area contributed by atoms with Gasteiger partial charge in [-0.25, -0.2) is 0 Å². The third kappa shape index (κ3) is 4.48. The Hall–Kier alpha value is -2.10. The van der Waals surface area contributed by atoms with Crippen molar-refractivity contribution in [2.45, 2.75) is 13.3 Å². The van der Waals surface area contributed by atoms with Crippen LogP contribution in [0.2, 0.25) is 0 Å². The molecule has 2 N–H and O–H groups in total. The molecular formula is C22H29IN4O3. The fourth-order valence-electron chi connectivity index (χ4n) is 4.73. The van der Waals surface area contributed by atoms with Crippen molar-refractivity contribution in [3.05, 3.63) is 42.0 Å². The van der Waals surface area contributed by atoms with Crippen molar-refractivity contribution in [3.8, 4) is 5.75 Å². The lowest BCUT2D eigenvalue weighted by atomic mass is 9.85. The van der Waals surface area contributed by atoms with Crippen LogP contribution in [0.25, 0.3) is 0 Å². The van der Waals surface area contributed by atoms with Crippen molar-refractivity contribution in [2.75, 3.05) is 33.3 Å². The van der Waals surface area contributed by atoms with Crippen LogP contribution in [0.1, 0.15) is 12.0 Å². The monoisotopic (exact) mass is 524 g/mol. The SMILES string of the molecule is CN=C(NCCOc1cccc(C)c1)NCCN1C(=O)C2C3C=CC(C3)C2C1=O.I. The largest absolute Gasteiger partial charge is 0.492 e. The first-order valence-electron chi connectivity index (χ1n) is 10.3. The number of aryl methyl sites for hydroxylation is 1. The summed E-state index contributed by atoms with van der Waals surface area (Å²) in [7, 11) is 1.69. The number of fused-ring (bicyclic) bond motifs is 5. The third-order valence-corrected chi connectivity index (χ3v) is 6.07. The van der Waals surface area contributed by atoms with Gasteiger partial charge in [0.1, 0.15) is 12.4 Å². The number of carbonyl (C=O) groups is 2. The average molecular weight is 524 g/mol. The fraction of sp³-hybridized carbons (Fsp3) is 0.500. The number of hydrogen-bond donors (Lipinski definition) is 2. The molecule has 1 aliphatic heterocycles. The van der Waals surface area contributed by atoms with E-state index in [-0.39, 0.29) is 59.5 Å². The van der Waals surface area contributed by atoms with E-state index in [9.17, 15) is 9.59 Å². The van der Waals surface area contributed by atoms with Gasteiger partial charge in [-0.1, -0.05) is 24.3 Å². The minimum Gasteiger partial charge on any atom is -0.492 e. The van der Waals surface area contributed by atoms with Crippen LogP contribution in [0.5, 0.6) is 5.75 Å². The zero-order valence-electron chi connectivity index (χ0n) is 17.3. The standard InChI is InChI=1S/C22H28N4O3.HI/c1-14-4-3-5-17(12-14)29-11-9-25-22(23-2)24-8-10-26-20(27)18-15-6-7-16(13-15)19(18)21(26)28;/h3-7,12,15-16,18-19H,8-11,13H2,1-2H3,(H2,23,24,25);1H. The highest BCUT2D eigenvalue weighted by molar-refractivity contribution is 14.0. The number of nitrogens with one attached hydrogen (secondary N) is 2. The first kappa shape index (κ1) is 22.6. The van der Waals surface area contributed by atoms with Gasteiger partial charge in [-0.2, -0.15) is 0 Å². The molecular weight excluding hydrogens is 495 g/mol. The number of hydrogen-bond acceptors (Lipinski definition) is 4. The van der Waals surface area contributed by atoms with Crippen LogP contribution in [0.3, 0.4) is 0 Å². The minimum absolute atomic E-state index is 0. The van der Waals surface area contributed by atoms with Gasteiger partial charge in [-0.3, -0.25) is 19.5 Å². The number of likely N-dealkylation sites (tertiary alicyclic amines) is 1. The lowest BCUT2D eigenvalue weighted by Gasteiger charge is -2.18. The summed E-state index contributed by atoms with van der Waals surface area (Å²) >= 11 is 0. The van der Waals surface area contributed by atoms with Crippen molar-refractivity contribution in [2.24, 2.45) is 28.7 Å². The molecule has 0 spiro atoms. The van der Waals surface area contributed by atoms with E-state index in [1.54, 1.807) is 7.05 Å². The zero-order chi connectivity index (χ0) is 20.4. The quantitative estimate of drug-likeness (QED) is 0.142. The maximum absolute atomic E-state index is 12.7. The van der Waals surface area contributed by atoms with E-state index in [4.69, 9.17) is 4.74 Å². The minimum atomic E-state index is -0.131. The summed E-state index contributed by atoms with van der Waals surface area (Å²) in [6.07, 6.45) is 5.19. The third-order valence-electron chi connectivity index (χ3n) is 6.07. The molecule has 30 heavy (non-hydrogen) atoms. The lowest BCUT2D eigenvalue weighted by Crippen LogP contribution is -2.44. The summed E-state index contributed by atoms with van der Waals surface area (Å²) in [5.41, 5.74) is 1.16. The molecule has 1 saturated heterocycles. The van der Waals surface area contributed by atoms with Gasteiger partial charge in [0, 0.05) is 20.1 Å². The van der Waals surface area contributed by atoms with Crippen LogP contribution in [0.4, 0.5) is 0 Å². The molecule has 1 aromatic rings. The highest BCUT2D eigenvalue weighted by Gasteiger charge is 2.58. The molecule has 162 valence electrons. The molecule has 2 fully saturated rings.